The van der Waals surface area contributed by atoms with Crippen LogP contribution in [0.4, 0.5) is 0 Å². The lowest BCUT2D eigenvalue weighted by atomic mass is 10.0. The molecular weight excluding hydrogens is 352 g/mol. The SMILES string of the molecule is COc1ccc(CN2CCc3nc(-c4ccccn4)[nH]c(=O)c3C2)c(C)c1C. The van der Waals surface area contributed by atoms with Gasteiger partial charge in [-0.05, 0) is 48.7 Å². The molecule has 0 saturated carbocycles. The highest BCUT2D eigenvalue weighted by Gasteiger charge is 2.22. The molecule has 6 heteroatoms. The van der Waals surface area contributed by atoms with Crippen LogP contribution in [0.2, 0.25) is 0 Å². The van der Waals surface area contributed by atoms with Gasteiger partial charge < -0.3 is 9.72 Å². The zero-order valence-electron chi connectivity index (χ0n) is 16.5. The summed E-state index contributed by atoms with van der Waals surface area (Å²) in [6.07, 6.45) is 2.46. The summed E-state index contributed by atoms with van der Waals surface area (Å²) < 4.78 is 5.41. The minimum Gasteiger partial charge on any atom is -0.496 e. The number of hydrogen-bond donors (Lipinski definition) is 1. The van der Waals surface area contributed by atoms with E-state index in [1.165, 1.54) is 11.1 Å². The van der Waals surface area contributed by atoms with Gasteiger partial charge >= 0.3 is 0 Å². The first-order valence-corrected chi connectivity index (χ1v) is 9.45. The summed E-state index contributed by atoms with van der Waals surface area (Å²) in [7, 11) is 1.70. The molecule has 1 N–H and O–H groups in total. The summed E-state index contributed by atoms with van der Waals surface area (Å²) >= 11 is 0. The van der Waals surface area contributed by atoms with Crippen LogP contribution < -0.4 is 10.3 Å². The fourth-order valence-electron chi connectivity index (χ4n) is 3.73. The summed E-state index contributed by atoms with van der Waals surface area (Å²) in [4.78, 5) is 26.9. The van der Waals surface area contributed by atoms with Crippen molar-refractivity contribution in [2.45, 2.75) is 33.4 Å². The quantitative estimate of drug-likeness (QED) is 0.758. The third kappa shape index (κ3) is 3.43. The normalized spacial score (nSPS) is 14.0. The molecule has 0 radical (unpaired) electrons. The Labute approximate surface area is 164 Å². The van der Waals surface area contributed by atoms with Gasteiger partial charge in [0.2, 0.25) is 0 Å². The van der Waals surface area contributed by atoms with Gasteiger partial charge in [0.15, 0.2) is 5.82 Å². The number of benzene rings is 1. The van der Waals surface area contributed by atoms with Crippen LogP contribution in [-0.4, -0.2) is 33.5 Å². The lowest BCUT2D eigenvalue weighted by molar-refractivity contribution is 0.241. The Morgan fingerprint density at radius 3 is 2.79 bits per heavy atom. The van der Waals surface area contributed by atoms with Crippen molar-refractivity contribution in [3.63, 3.8) is 0 Å². The average Bonchev–Trinajstić information content (AvgIpc) is 2.72. The number of hydrogen-bond acceptors (Lipinski definition) is 5. The molecule has 0 atom stereocenters. The Bertz CT molecular complexity index is 1060. The number of rotatable bonds is 4. The molecule has 0 unspecified atom stereocenters. The summed E-state index contributed by atoms with van der Waals surface area (Å²) in [5.74, 6) is 1.45. The number of nitrogens with one attached hydrogen (secondary N) is 1. The number of fused-ring (bicyclic) bond motifs is 1. The zero-order chi connectivity index (χ0) is 19.7. The Morgan fingerprint density at radius 1 is 1.18 bits per heavy atom. The van der Waals surface area contributed by atoms with Crippen LogP contribution in [0.15, 0.2) is 41.3 Å². The molecule has 0 fully saturated rings. The van der Waals surface area contributed by atoms with Crippen LogP contribution >= 0.6 is 0 Å². The molecule has 3 heterocycles. The van der Waals surface area contributed by atoms with E-state index < -0.39 is 0 Å². The Morgan fingerprint density at radius 2 is 2.04 bits per heavy atom. The molecule has 0 saturated heterocycles. The molecule has 3 aromatic rings. The van der Waals surface area contributed by atoms with Crippen molar-refractivity contribution < 1.29 is 4.74 Å². The van der Waals surface area contributed by atoms with Gasteiger partial charge in [-0.1, -0.05) is 12.1 Å². The van der Waals surface area contributed by atoms with Crippen LogP contribution in [0.25, 0.3) is 11.5 Å². The topological polar surface area (TPSA) is 71.1 Å². The minimum atomic E-state index is -0.0713. The molecule has 0 aliphatic carbocycles. The maximum atomic E-state index is 12.7. The maximum absolute atomic E-state index is 12.7. The molecular formula is C22H24N4O2. The van der Waals surface area contributed by atoms with E-state index in [9.17, 15) is 4.79 Å². The summed E-state index contributed by atoms with van der Waals surface area (Å²) in [6.45, 7) is 6.48. The monoisotopic (exact) mass is 376 g/mol. The standard InChI is InChI=1S/C22H24N4O2/c1-14-15(2)20(28-3)8-7-16(14)12-26-11-9-18-17(13-26)22(27)25-21(24-18)19-6-4-5-10-23-19/h4-8,10H,9,11-13H2,1-3H3,(H,24,25,27). The van der Waals surface area contributed by atoms with Gasteiger partial charge in [0.1, 0.15) is 11.4 Å². The fraction of sp³-hybridized carbons (Fsp3) is 0.318. The fourth-order valence-corrected chi connectivity index (χ4v) is 3.73. The summed E-state index contributed by atoms with van der Waals surface area (Å²) in [6, 6.07) is 9.73. The summed E-state index contributed by atoms with van der Waals surface area (Å²) in [5.41, 5.74) is 5.92. The van der Waals surface area contributed by atoms with Gasteiger partial charge in [0.05, 0.1) is 18.4 Å². The molecule has 144 valence electrons. The number of aromatic nitrogens is 3. The van der Waals surface area contributed by atoms with E-state index in [1.54, 1.807) is 13.3 Å². The van der Waals surface area contributed by atoms with Gasteiger partial charge in [-0.25, -0.2) is 4.98 Å². The molecule has 1 aliphatic rings. The Kier molecular flexibility index (Phi) is 4.96. The van der Waals surface area contributed by atoms with Gasteiger partial charge in [-0.2, -0.15) is 0 Å². The predicted octanol–water partition coefficient (Wildman–Crippen LogP) is 3.02. The molecule has 0 amide bonds. The highest BCUT2D eigenvalue weighted by molar-refractivity contribution is 5.49. The predicted molar refractivity (Wildman–Crippen MR) is 108 cm³/mol. The third-order valence-electron chi connectivity index (χ3n) is 5.52. The van der Waals surface area contributed by atoms with Crippen molar-refractivity contribution in [3.8, 4) is 17.3 Å². The first-order valence-electron chi connectivity index (χ1n) is 9.45. The number of pyridine rings is 1. The van der Waals surface area contributed by atoms with Crippen LogP contribution in [0.1, 0.15) is 27.9 Å². The van der Waals surface area contributed by atoms with Crippen molar-refractivity contribution in [2.24, 2.45) is 0 Å². The van der Waals surface area contributed by atoms with E-state index in [4.69, 9.17) is 4.74 Å². The van der Waals surface area contributed by atoms with Gasteiger partial charge in [-0.3, -0.25) is 14.7 Å². The Balaban J connectivity index is 1.58. The summed E-state index contributed by atoms with van der Waals surface area (Å²) in [5, 5.41) is 0. The van der Waals surface area contributed by atoms with E-state index >= 15 is 0 Å². The lowest BCUT2D eigenvalue weighted by Gasteiger charge is -2.28. The molecule has 6 nitrogen and oxygen atoms in total. The van der Waals surface area contributed by atoms with Crippen LogP contribution in [0.5, 0.6) is 5.75 Å². The first kappa shape index (κ1) is 18.4. The van der Waals surface area contributed by atoms with E-state index in [2.05, 4.69) is 39.8 Å². The number of aromatic amines is 1. The number of methoxy groups -OCH3 is 1. The zero-order valence-corrected chi connectivity index (χ0v) is 16.5. The maximum Gasteiger partial charge on any atom is 0.255 e. The molecule has 1 aliphatic heterocycles. The minimum absolute atomic E-state index is 0.0713. The molecule has 0 bridgehead atoms. The highest BCUT2D eigenvalue weighted by Crippen LogP contribution is 2.26. The van der Waals surface area contributed by atoms with Crippen molar-refractivity contribution in [1.82, 2.24) is 19.9 Å². The molecule has 0 spiro atoms. The van der Waals surface area contributed by atoms with E-state index in [0.29, 0.717) is 18.1 Å². The lowest BCUT2D eigenvalue weighted by Crippen LogP contribution is -2.35. The van der Waals surface area contributed by atoms with Crippen molar-refractivity contribution in [1.29, 1.82) is 0 Å². The second-order valence-corrected chi connectivity index (χ2v) is 7.19. The second kappa shape index (κ2) is 7.56. The van der Waals surface area contributed by atoms with Crippen molar-refractivity contribution in [3.05, 3.63) is 74.8 Å². The van der Waals surface area contributed by atoms with Crippen LogP contribution in [-0.2, 0) is 19.5 Å². The van der Waals surface area contributed by atoms with Gasteiger partial charge in [0.25, 0.3) is 5.56 Å². The van der Waals surface area contributed by atoms with Crippen LogP contribution in [0.3, 0.4) is 0 Å². The van der Waals surface area contributed by atoms with Gasteiger partial charge in [-0.15, -0.1) is 0 Å². The number of H-pyrrole nitrogens is 1. The first-order chi connectivity index (χ1) is 13.6. The highest BCUT2D eigenvalue weighted by atomic mass is 16.5. The Hall–Kier alpha value is -2.99. The molecule has 1 aromatic carbocycles. The molecule has 2 aromatic heterocycles. The second-order valence-electron chi connectivity index (χ2n) is 7.19. The third-order valence-corrected chi connectivity index (χ3v) is 5.52. The molecule has 4 rings (SSSR count). The number of nitrogens with zero attached hydrogens (tertiary/aromatic N) is 3. The van der Waals surface area contributed by atoms with E-state index in [0.717, 1.165) is 42.1 Å². The van der Waals surface area contributed by atoms with Crippen molar-refractivity contribution >= 4 is 0 Å². The van der Waals surface area contributed by atoms with E-state index in [-0.39, 0.29) is 5.56 Å². The van der Waals surface area contributed by atoms with E-state index in [1.807, 2.05) is 24.3 Å². The van der Waals surface area contributed by atoms with Crippen LogP contribution in [0, 0.1) is 13.8 Å². The van der Waals surface area contributed by atoms with Gasteiger partial charge in [0, 0.05) is 32.3 Å². The largest absolute Gasteiger partial charge is 0.496 e. The number of ether oxygens (including phenoxy) is 1. The van der Waals surface area contributed by atoms with Crippen molar-refractivity contribution in [2.75, 3.05) is 13.7 Å². The molecule has 28 heavy (non-hydrogen) atoms. The average molecular weight is 376 g/mol. The smallest absolute Gasteiger partial charge is 0.255 e.